The van der Waals surface area contributed by atoms with E-state index in [9.17, 15) is 9.59 Å². The summed E-state index contributed by atoms with van der Waals surface area (Å²) in [6.45, 7) is 0.342. The van der Waals surface area contributed by atoms with Crippen molar-refractivity contribution in [1.82, 2.24) is 15.5 Å². The highest BCUT2D eigenvalue weighted by Gasteiger charge is 2.11. The molecule has 3 aromatic rings. The van der Waals surface area contributed by atoms with Crippen LogP contribution in [0.1, 0.15) is 5.76 Å². The maximum atomic E-state index is 11.9. The van der Waals surface area contributed by atoms with E-state index in [0.29, 0.717) is 27.5 Å². The molecule has 0 unspecified atom stereocenters. The number of hydrogen-bond acceptors (Lipinski definition) is 7. The highest BCUT2D eigenvalue weighted by Crippen LogP contribution is 2.25. The maximum Gasteiger partial charge on any atom is 0.325 e. The second-order valence-corrected chi connectivity index (χ2v) is 7.16. The molecule has 0 bridgehead atoms. The van der Waals surface area contributed by atoms with Gasteiger partial charge in [-0.3, -0.25) is 10.1 Å². The molecule has 2 aromatic heterocycles. The van der Waals surface area contributed by atoms with Gasteiger partial charge in [0.2, 0.25) is 11.0 Å². The number of aromatic nitrogens is 2. The van der Waals surface area contributed by atoms with E-state index in [1.54, 1.807) is 30.5 Å². The van der Waals surface area contributed by atoms with Crippen LogP contribution in [0.4, 0.5) is 15.6 Å². The van der Waals surface area contributed by atoms with Crippen LogP contribution < -0.4 is 16.0 Å². The number of thioether (sulfide) groups is 1. The van der Waals surface area contributed by atoms with Crippen LogP contribution in [0.15, 0.2) is 57.5 Å². The van der Waals surface area contributed by atoms with E-state index < -0.39 is 6.03 Å². The second-order valence-electron chi connectivity index (χ2n) is 4.96. The molecule has 0 fully saturated rings. The smallest absolute Gasteiger partial charge is 0.325 e. The van der Waals surface area contributed by atoms with Crippen molar-refractivity contribution < 1.29 is 14.0 Å². The SMILES string of the molecule is O=C(CSc1nnc(NC(=O)Nc2ccccc2)s1)NCc1ccco1. The lowest BCUT2D eigenvalue weighted by molar-refractivity contribution is -0.118. The van der Waals surface area contributed by atoms with Gasteiger partial charge in [0.05, 0.1) is 18.6 Å². The molecule has 10 heteroatoms. The van der Waals surface area contributed by atoms with E-state index in [2.05, 4.69) is 26.1 Å². The molecular formula is C16H15N5O3S2. The first kappa shape index (κ1) is 18.0. The normalized spacial score (nSPS) is 10.3. The third kappa shape index (κ3) is 5.60. The Labute approximate surface area is 157 Å². The third-order valence-corrected chi connectivity index (χ3v) is 5.00. The first-order valence-electron chi connectivity index (χ1n) is 7.57. The molecule has 1 aromatic carbocycles. The topological polar surface area (TPSA) is 109 Å². The fraction of sp³-hybridized carbons (Fsp3) is 0.125. The molecule has 3 amide bonds. The highest BCUT2D eigenvalue weighted by molar-refractivity contribution is 8.01. The molecule has 8 nitrogen and oxygen atoms in total. The molecule has 3 rings (SSSR count). The number of amides is 3. The van der Waals surface area contributed by atoms with Crippen molar-refractivity contribution in [3.63, 3.8) is 0 Å². The lowest BCUT2D eigenvalue weighted by Gasteiger charge is -2.04. The molecule has 0 spiro atoms. The van der Waals surface area contributed by atoms with E-state index in [-0.39, 0.29) is 11.7 Å². The number of hydrogen-bond donors (Lipinski definition) is 3. The minimum atomic E-state index is -0.403. The molecule has 0 atom stereocenters. The number of anilines is 2. The Morgan fingerprint density at radius 2 is 1.92 bits per heavy atom. The zero-order chi connectivity index (χ0) is 18.2. The van der Waals surface area contributed by atoms with Gasteiger partial charge < -0.3 is 15.1 Å². The average Bonchev–Trinajstić information content (AvgIpc) is 3.31. The van der Waals surface area contributed by atoms with Gasteiger partial charge in [-0.1, -0.05) is 41.3 Å². The molecule has 26 heavy (non-hydrogen) atoms. The number of nitrogens with one attached hydrogen (secondary N) is 3. The van der Waals surface area contributed by atoms with Crippen LogP contribution in [-0.4, -0.2) is 27.9 Å². The maximum absolute atomic E-state index is 11.9. The molecule has 2 heterocycles. The number of benzene rings is 1. The van der Waals surface area contributed by atoms with Gasteiger partial charge in [-0.15, -0.1) is 10.2 Å². The van der Waals surface area contributed by atoms with Gasteiger partial charge in [0.15, 0.2) is 4.34 Å². The fourth-order valence-electron chi connectivity index (χ4n) is 1.88. The third-order valence-electron chi connectivity index (χ3n) is 3.03. The summed E-state index contributed by atoms with van der Waals surface area (Å²) < 4.78 is 5.73. The Morgan fingerprint density at radius 1 is 1.08 bits per heavy atom. The molecule has 134 valence electrons. The summed E-state index contributed by atoms with van der Waals surface area (Å²) in [6, 6.07) is 12.2. The number of carbonyl (C=O) groups excluding carboxylic acids is 2. The van der Waals surface area contributed by atoms with E-state index in [0.717, 1.165) is 0 Å². The number of furan rings is 1. The number of carbonyl (C=O) groups is 2. The second kappa shape index (κ2) is 9.02. The average molecular weight is 389 g/mol. The summed E-state index contributed by atoms with van der Waals surface area (Å²) in [4.78, 5) is 23.7. The van der Waals surface area contributed by atoms with Gasteiger partial charge in [-0.05, 0) is 24.3 Å². The molecule has 0 radical (unpaired) electrons. The van der Waals surface area contributed by atoms with E-state index in [4.69, 9.17) is 4.42 Å². The summed E-state index contributed by atoms with van der Waals surface area (Å²) in [5, 5.41) is 16.2. The van der Waals surface area contributed by atoms with Crippen LogP contribution in [0.3, 0.4) is 0 Å². The van der Waals surface area contributed by atoms with E-state index in [1.165, 1.54) is 23.1 Å². The van der Waals surface area contributed by atoms with Crippen LogP contribution in [0, 0.1) is 0 Å². The summed E-state index contributed by atoms with van der Waals surface area (Å²) in [7, 11) is 0. The predicted molar refractivity (Wildman–Crippen MR) is 100 cm³/mol. The Hall–Kier alpha value is -2.85. The van der Waals surface area contributed by atoms with Crippen LogP contribution >= 0.6 is 23.1 Å². The molecular weight excluding hydrogens is 374 g/mol. The number of nitrogens with zero attached hydrogens (tertiary/aromatic N) is 2. The Morgan fingerprint density at radius 3 is 2.69 bits per heavy atom. The molecule has 0 aliphatic heterocycles. The number of rotatable bonds is 7. The Kier molecular flexibility index (Phi) is 6.23. The van der Waals surface area contributed by atoms with Gasteiger partial charge in [-0.2, -0.15) is 0 Å². The van der Waals surface area contributed by atoms with Crippen molar-refractivity contribution in [3.8, 4) is 0 Å². The lowest BCUT2D eigenvalue weighted by atomic mass is 10.3. The molecule has 0 saturated carbocycles. The zero-order valence-corrected chi connectivity index (χ0v) is 15.1. The van der Waals surface area contributed by atoms with Crippen LogP contribution in [0.2, 0.25) is 0 Å². The predicted octanol–water partition coefficient (Wildman–Crippen LogP) is 3.18. The van der Waals surface area contributed by atoms with Crippen molar-refractivity contribution >= 4 is 45.9 Å². The molecule has 0 aliphatic rings. The quantitative estimate of drug-likeness (QED) is 0.423. The van der Waals surface area contributed by atoms with Gasteiger partial charge in [0.25, 0.3) is 0 Å². The van der Waals surface area contributed by atoms with Crippen molar-refractivity contribution in [2.24, 2.45) is 0 Å². The van der Waals surface area contributed by atoms with Crippen LogP contribution in [0.5, 0.6) is 0 Å². The van der Waals surface area contributed by atoms with Crippen molar-refractivity contribution in [3.05, 3.63) is 54.5 Å². The van der Waals surface area contributed by atoms with Gasteiger partial charge in [-0.25, -0.2) is 4.79 Å². The monoisotopic (exact) mass is 389 g/mol. The first-order valence-corrected chi connectivity index (χ1v) is 9.38. The minimum Gasteiger partial charge on any atom is -0.467 e. The first-order chi connectivity index (χ1) is 12.7. The molecule has 0 aliphatic carbocycles. The Balaban J connectivity index is 1.41. The van der Waals surface area contributed by atoms with Crippen molar-refractivity contribution in [2.75, 3.05) is 16.4 Å². The molecule has 3 N–H and O–H groups in total. The standard InChI is InChI=1S/C16H15N5O3S2/c22-13(17-9-12-7-4-8-24-12)10-25-16-21-20-15(26-16)19-14(23)18-11-5-2-1-3-6-11/h1-8H,9-10H2,(H,17,22)(H2,18,19,20,23). The highest BCUT2D eigenvalue weighted by atomic mass is 32.2. The minimum absolute atomic E-state index is 0.141. The lowest BCUT2D eigenvalue weighted by Crippen LogP contribution is -2.24. The number of para-hydroxylation sites is 1. The van der Waals surface area contributed by atoms with Gasteiger partial charge in [0, 0.05) is 5.69 Å². The van der Waals surface area contributed by atoms with E-state index >= 15 is 0 Å². The zero-order valence-electron chi connectivity index (χ0n) is 13.5. The van der Waals surface area contributed by atoms with Gasteiger partial charge >= 0.3 is 6.03 Å². The van der Waals surface area contributed by atoms with E-state index in [1.807, 2.05) is 18.2 Å². The van der Waals surface area contributed by atoms with Crippen LogP contribution in [0.25, 0.3) is 0 Å². The van der Waals surface area contributed by atoms with Crippen molar-refractivity contribution in [2.45, 2.75) is 10.9 Å². The van der Waals surface area contributed by atoms with Gasteiger partial charge in [0.1, 0.15) is 5.76 Å². The summed E-state index contributed by atoms with van der Waals surface area (Å²) in [6.07, 6.45) is 1.56. The largest absolute Gasteiger partial charge is 0.467 e. The van der Waals surface area contributed by atoms with Crippen molar-refractivity contribution in [1.29, 1.82) is 0 Å². The number of urea groups is 1. The fourth-order valence-corrected chi connectivity index (χ4v) is 3.45. The summed E-state index contributed by atoms with van der Waals surface area (Å²) >= 11 is 2.45. The Bertz CT molecular complexity index is 852. The molecule has 0 saturated heterocycles. The van der Waals surface area contributed by atoms with Crippen LogP contribution in [-0.2, 0) is 11.3 Å². The summed E-state index contributed by atoms with van der Waals surface area (Å²) in [5.74, 6) is 0.749. The summed E-state index contributed by atoms with van der Waals surface area (Å²) in [5.41, 5.74) is 0.678.